The maximum Gasteiger partial charge on any atom is 0.261 e. The van der Waals surface area contributed by atoms with Gasteiger partial charge in [0.2, 0.25) is 0 Å². The Balaban J connectivity index is 1.60. The van der Waals surface area contributed by atoms with Gasteiger partial charge in [0.25, 0.3) is 5.91 Å². The average Bonchev–Trinajstić information content (AvgIpc) is 3.03. The Labute approximate surface area is 191 Å². The number of pyridine rings is 1. The summed E-state index contributed by atoms with van der Waals surface area (Å²) in [6.07, 6.45) is 7.34. The second kappa shape index (κ2) is 7.54. The number of carbonyl (C=O) groups is 1. The molecule has 2 aromatic heterocycles. The van der Waals surface area contributed by atoms with Gasteiger partial charge in [-0.25, -0.2) is 15.0 Å². The molecule has 2 N–H and O–H groups in total. The molecule has 5 rings (SSSR count). The van der Waals surface area contributed by atoms with Gasteiger partial charge in [-0.3, -0.25) is 14.7 Å². The van der Waals surface area contributed by atoms with E-state index in [2.05, 4.69) is 15.0 Å². The number of amides is 1. The van der Waals surface area contributed by atoms with Crippen LogP contribution in [0.5, 0.6) is 11.5 Å². The van der Waals surface area contributed by atoms with E-state index in [0.29, 0.717) is 29.8 Å². The molecule has 9 nitrogen and oxygen atoms in total. The monoisotopic (exact) mass is 444 g/mol. The van der Waals surface area contributed by atoms with Crippen LogP contribution >= 0.6 is 0 Å². The maximum atomic E-state index is 13.5. The first-order valence-corrected chi connectivity index (χ1v) is 10.5. The zero-order valence-corrected chi connectivity index (χ0v) is 18.6. The van der Waals surface area contributed by atoms with Crippen LogP contribution in [-0.4, -0.2) is 51.5 Å². The number of hydrogen-bond acceptors (Lipinski definition) is 8. The third-order valence-corrected chi connectivity index (χ3v) is 6.20. The summed E-state index contributed by atoms with van der Waals surface area (Å²) in [5.41, 5.74) is 7.27. The molecule has 9 heteroatoms. The third kappa shape index (κ3) is 3.45. The molecule has 2 atom stereocenters. The fourth-order valence-corrected chi connectivity index (χ4v) is 4.64. The molecule has 1 spiro atoms. The van der Waals surface area contributed by atoms with Gasteiger partial charge in [0.1, 0.15) is 23.4 Å². The van der Waals surface area contributed by atoms with Gasteiger partial charge in [-0.2, -0.15) is 0 Å². The Morgan fingerprint density at radius 2 is 1.91 bits per heavy atom. The molecule has 0 bridgehead atoms. The zero-order chi connectivity index (χ0) is 23.2. The lowest BCUT2D eigenvalue weighted by Crippen LogP contribution is -2.51. The fourth-order valence-electron chi connectivity index (χ4n) is 4.64. The van der Waals surface area contributed by atoms with Gasteiger partial charge in [0.05, 0.1) is 19.0 Å². The van der Waals surface area contributed by atoms with Crippen molar-refractivity contribution in [2.45, 2.75) is 30.9 Å². The van der Waals surface area contributed by atoms with E-state index in [9.17, 15) is 4.79 Å². The Hall–Kier alpha value is -4.01. The highest BCUT2D eigenvalue weighted by atomic mass is 16.5. The molecule has 0 fully saturated rings. The normalized spacial score (nSPS) is 23.8. The lowest BCUT2D eigenvalue weighted by molar-refractivity contribution is -0.133. The zero-order valence-electron chi connectivity index (χ0n) is 18.6. The second-order valence-corrected chi connectivity index (χ2v) is 8.64. The van der Waals surface area contributed by atoms with Gasteiger partial charge in [-0.15, -0.1) is 0 Å². The molecule has 0 radical (unpaired) electrons. The van der Waals surface area contributed by atoms with E-state index < -0.39 is 11.1 Å². The van der Waals surface area contributed by atoms with Gasteiger partial charge in [-0.1, -0.05) is 12.1 Å². The van der Waals surface area contributed by atoms with Crippen LogP contribution in [0.4, 0.5) is 0 Å². The van der Waals surface area contributed by atoms with Crippen molar-refractivity contribution in [3.63, 3.8) is 0 Å². The number of fused-ring (bicyclic) bond motifs is 2. The standard InChI is InChI=1S/C24H24N6O3/c1-23(9-15-4-6-17(32-3)7-5-15)13-24(21(31)30(2)22(25)29-24)18-8-19(28-12-20(18)33-23)16-10-26-14-27-11-16/h4-8,10-12,14H,9,13H2,1-3H3,(H2,25,29). The summed E-state index contributed by atoms with van der Waals surface area (Å²) < 4.78 is 11.7. The minimum atomic E-state index is -1.19. The minimum Gasteiger partial charge on any atom is -0.497 e. The minimum absolute atomic E-state index is 0.182. The van der Waals surface area contributed by atoms with E-state index >= 15 is 0 Å². The highest BCUT2D eigenvalue weighted by Gasteiger charge is 2.56. The quantitative estimate of drug-likeness (QED) is 0.656. The average molecular weight is 444 g/mol. The number of aliphatic imine (C=N–C) groups is 1. The Bertz CT molecular complexity index is 1250. The Morgan fingerprint density at radius 3 is 2.55 bits per heavy atom. The van der Waals surface area contributed by atoms with E-state index in [1.54, 1.807) is 32.7 Å². The van der Waals surface area contributed by atoms with Crippen molar-refractivity contribution in [2.75, 3.05) is 14.2 Å². The summed E-state index contributed by atoms with van der Waals surface area (Å²) >= 11 is 0. The topological polar surface area (TPSA) is 116 Å². The molecule has 1 amide bonds. The summed E-state index contributed by atoms with van der Waals surface area (Å²) in [4.78, 5) is 32.3. The molecule has 2 unspecified atom stereocenters. The van der Waals surface area contributed by atoms with E-state index in [4.69, 9.17) is 20.2 Å². The van der Waals surface area contributed by atoms with Crippen molar-refractivity contribution < 1.29 is 14.3 Å². The molecule has 2 aliphatic heterocycles. The second-order valence-electron chi connectivity index (χ2n) is 8.64. The van der Waals surface area contributed by atoms with Gasteiger partial charge >= 0.3 is 0 Å². The molecular formula is C24H24N6O3. The van der Waals surface area contributed by atoms with Crippen molar-refractivity contribution in [1.82, 2.24) is 19.9 Å². The summed E-state index contributed by atoms with van der Waals surface area (Å²) in [7, 11) is 3.27. The van der Waals surface area contributed by atoms with E-state index in [0.717, 1.165) is 16.9 Å². The number of benzene rings is 1. The first-order chi connectivity index (χ1) is 15.8. The van der Waals surface area contributed by atoms with Crippen LogP contribution in [0.1, 0.15) is 24.5 Å². The van der Waals surface area contributed by atoms with E-state index in [1.165, 1.54) is 11.2 Å². The first-order valence-electron chi connectivity index (χ1n) is 10.5. The molecule has 168 valence electrons. The molecule has 33 heavy (non-hydrogen) atoms. The predicted molar refractivity (Wildman–Crippen MR) is 122 cm³/mol. The van der Waals surface area contributed by atoms with Crippen molar-refractivity contribution >= 4 is 11.9 Å². The number of ether oxygens (including phenoxy) is 2. The summed E-state index contributed by atoms with van der Waals surface area (Å²) in [5, 5.41) is 0. The molecule has 2 aliphatic rings. The van der Waals surface area contributed by atoms with Crippen molar-refractivity contribution in [3.8, 4) is 22.8 Å². The molecule has 0 saturated carbocycles. The predicted octanol–water partition coefficient (Wildman–Crippen LogP) is 2.31. The molecule has 4 heterocycles. The largest absolute Gasteiger partial charge is 0.497 e. The lowest BCUT2D eigenvalue weighted by atomic mass is 9.75. The molecular weight excluding hydrogens is 420 g/mol. The fraction of sp³-hybridized carbons (Fsp3) is 0.292. The Kier molecular flexibility index (Phi) is 4.77. The number of hydrogen-bond donors (Lipinski definition) is 1. The highest BCUT2D eigenvalue weighted by molar-refractivity contribution is 6.07. The Morgan fingerprint density at radius 1 is 1.18 bits per heavy atom. The number of nitrogens with zero attached hydrogens (tertiary/aromatic N) is 5. The van der Waals surface area contributed by atoms with Crippen LogP contribution in [0.15, 0.2) is 60.2 Å². The van der Waals surface area contributed by atoms with Crippen molar-refractivity contribution in [3.05, 3.63) is 66.4 Å². The SMILES string of the molecule is COc1ccc(CC2(C)CC3(N=C(N)N(C)C3=O)c3cc(-c4cncnc4)ncc3O2)cc1. The van der Waals surface area contributed by atoms with Crippen LogP contribution in [0.25, 0.3) is 11.3 Å². The van der Waals surface area contributed by atoms with Crippen molar-refractivity contribution in [1.29, 1.82) is 0 Å². The summed E-state index contributed by atoms with van der Waals surface area (Å²) in [5.74, 6) is 1.29. The van der Waals surface area contributed by atoms with E-state index in [1.807, 2.05) is 37.3 Å². The number of methoxy groups -OCH3 is 1. The highest BCUT2D eigenvalue weighted by Crippen LogP contribution is 2.50. The van der Waals surface area contributed by atoms with Crippen molar-refractivity contribution in [2.24, 2.45) is 10.7 Å². The van der Waals surface area contributed by atoms with Crippen LogP contribution in [0, 0.1) is 0 Å². The molecule has 0 saturated heterocycles. The number of likely N-dealkylation sites (N-methyl/N-ethyl adjacent to an activating group) is 1. The van der Waals surface area contributed by atoms with Gasteiger partial charge in [-0.05, 0) is 30.7 Å². The number of rotatable bonds is 4. The summed E-state index contributed by atoms with van der Waals surface area (Å²) in [6, 6.07) is 9.63. The first kappa shape index (κ1) is 20.9. The molecule has 3 aromatic rings. The number of nitrogens with two attached hydrogens (primary N) is 1. The number of guanidine groups is 1. The lowest BCUT2D eigenvalue weighted by Gasteiger charge is -2.43. The third-order valence-electron chi connectivity index (χ3n) is 6.20. The number of carbonyl (C=O) groups excluding carboxylic acids is 1. The summed E-state index contributed by atoms with van der Waals surface area (Å²) in [6.45, 7) is 1.98. The number of aromatic nitrogens is 3. The van der Waals surface area contributed by atoms with Crippen LogP contribution in [0.3, 0.4) is 0 Å². The van der Waals surface area contributed by atoms with Crippen LogP contribution < -0.4 is 15.2 Å². The molecule has 1 aromatic carbocycles. The van der Waals surface area contributed by atoms with Gasteiger partial charge < -0.3 is 15.2 Å². The smallest absolute Gasteiger partial charge is 0.261 e. The molecule has 0 aliphatic carbocycles. The van der Waals surface area contributed by atoms with E-state index in [-0.39, 0.29) is 11.9 Å². The maximum absolute atomic E-state index is 13.5. The van der Waals surface area contributed by atoms with Gasteiger partial charge in [0, 0.05) is 43.4 Å². The van der Waals surface area contributed by atoms with Gasteiger partial charge in [0.15, 0.2) is 11.5 Å². The van der Waals surface area contributed by atoms with Crippen LogP contribution in [0.2, 0.25) is 0 Å². The van der Waals surface area contributed by atoms with Crippen LogP contribution in [-0.2, 0) is 16.8 Å².